The summed E-state index contributed by atoms with van der Waals surface area (Å²) in [6.45, 7) is 3.86. The zero-order valence-corrected chi connectivity index (χ0v) is 14.3. The van der Waals surface area contributed by atoms with E-state index in [1.165, 1.54) is 0 Å². The van der Waals surface area contributed by atoms with Crippen LogP contribution >= 0.6 is 0 Å². The third kappa shape index (κ3) is 5.28. The van der Waals surface area contributed by atoms with Gasteiger partial charge in [0.1, 0.15) is 0 Å². The molecule has 0 spiro atoms. The van der Waals surface area contributed by atoms with Gasteiger partial charge in [0.05, 0.1) is 7.11 Å². The molecule has 128 valence electrons. The number of nitrogens with two attached hydrogens (primary N) is 1. The van der Waals surface area contributed by atoms with Crippen LogP contribution in [-0.4, -0.2) is 25.7 Å². The van der Waals surface area contributed by atoms with Gasteiger partial charge in [-0.3, -0.25) is 4.79 Å². The van der Waals surface area contributed by atoms with E-state index < -0.39 is 0 Å². The van der Waals surface area contributed by atoms with Crippen LogP contribution < -0.4 is 20.5 Å². The summed E-state index contributed by atoms with van der Waals surface area (Å²) in [6.07, 6.45) is 0.755. The molecule has 0 radical (unpaired) electrons. The highest BCUT2D eigenvalue weighted by molar-refractivity contribution is 5.91. The van der Waals surface area contributed by atoms with Gasteiger partial charge in [0.2, 0.25) is 0 Å². The average molecular weight is 328 g/mol. The van der Waals surface area contributed by atoms with E-state index in [-0.39, 0.29) is 18.6 Å². The first-order chi connectivity index (χ1) is 11.5. The molecule has 1 amide bonds. The second-order valence-electron chi connectivity index (χ2n) is 5.87. The predicted octanol–water partition coefficient (Wildman–Crippen LogP) is 2.91. The topological polar surface area (TPSA) is 73.6 Å². The lowest BCUT2D eigenvalue weighted by molar-refractivity contribution is -0.118. The van der Waals surface area contributed by atoms with Gasteiger partial charge in [-0.1, -0.05) is 23.8 Å². The summed E-state index contributed by atoms with van der Waals surface area (Å²) in [5.41, 5.74) is 8.76. The van der Waals surface area contributed by atoms with Crippen molar-refractivity contribution in [1.29, 1.82) is 0 Å². The number of benzene rings is 2. The van der Waals surface area contributed by atoms with Gasteiger partial charge in [-0.15, -0.1) is 0 Å². The number of carbonyl (C=O) groups is 1. The van der Waals surface area contributed by atoms with Crippen LogP contribution in [0.4, 0.5) is 5.69 Å². The first kappa shape index (κ1) is 17.8. The van der Waals surface area contributed by atoms with Crippen LogP contribution in [0.5, 0.6) is 11.5 Å². The Kier molecular flexibility index (Phi) is 6.21. The van der Waals surface area contributed by atoms with Crippen LogP contribution in [0.2, 0.25) is 0 Å². The normalized spacial score (nSPS) is 11.7. The van der Waals surface area contributed by atoms with Crippen molar-refractivity contribution in [3.63, 3.8) is 0 Å². The number of methoxy groups -OCH3 is 1. The molecule has 0 aromatic heterocycles. The molecule has 0 fully saturated rings. The standard InChI is InChI=1S/C19H24N2O3/c1-13-4-7-16(8-5-13)21-19(22)12-24-17-9-6-15(10-14(2)20)11-18(17)23-3/h4-9,11,14H,10,12,20H2,1-3H3,(H,21,22). The summed E-state index contributed by atoms with van der Waals surface area (Å²) in [5, 5.41) is 2.79. The summed E-state index contributed by atoms with van der Waals surface area (Å²) >= 11 is 0. The maximum atomic E-state index is 12.0. The average Bonchev–Trinajstić information content (AvgIpc) is 2.55. The molecule has 2 aromatic rings. The largest absolute Gasteiger partial charge is 0.493 e. The molecule has 24 heavy (non-hydrogen) atoms. The van der Waals surface area contributed by atoms with E-state index in [9.17, 15) is 4.79 Å². The van der Waals surface area contributed by atoms with Crippen molar-refractivity contribution in [2.45, 2.75) is 26.3 Å². The van der Waals surface area contributed by atoms with Crippen molar-refractivity contribution in [3.05, 3.63) is 53.6 Å². The summed E-state index contributed by atoms with van der Waals surface area (Å²) in [4.78, 5) is 12.0. The molecule has 3 N–H and O–H groups in total. The molecule has 0 aliphatic rings. The number of carbonyl (C=O) groups excluding carboxylic acids is 1. The van der Waals surface area contributed by atoms with Gasteiger partial charge >= 0.3 is 0 Å². The monoisotopic (exact) mass is 328 g/mol. The smallest absolute Gasteiger partial charge is 0.262 e. The minimum atomic E-state index is -0.222. The molecule has 5 heteroatoms. The second kappa shape index (κ2) is 8.36. The van der Waals surface area contributed by atoms with E-state index in [0.29, 0.717) is 11.5 Å². The Bertz CT molecular complexity index is 682. The van der Waals surface area contributed by atoms with Crippen molar-refractivity contribution in [2.75, 3.05) is 19.0 Å². The van der Waals surface area contributed by atoms with E-state index in [1.54, 1.807) is 13.2 Å². The fraction of sp³-hybridized carbons (Fsp3) is 0.316. The zero-order valence-electron chi connectivity index (χ0n) is 14.3. The minimum Gasteiger partial charge on any atom is -0.493 e. The van der Waals surface area contributed by atoms with Crippen LogP contribution in [0, 0.1) is 6.92 Å². The van der Waals surface area contributed by atoms with Crippen molar-refractivity contribution in [2.24, 2.45) is 5.73 Å². The summed E-state index contributed by atoms with van der Waals surface area (Å²) < 4.78 is 10.9. The maximum Gasteiger partial charge on any atom is 0.262 e. The van der Waals surface area contributed by atoms with Gasteiger partial charge in [-0.05, 0) is 50.1 Å². The Hall–Kier alpha value is -2.53. The highest BCUT2D eigenvalue weighted by Crippen LogP contribution is 2.28. The number of anilines is 1. The number of hydrogen-bond donors (Lipinski definition) is 2. The molecular formula is C19H24N2O3. The Morgan fingerprint density at radius 3 is 2.50 bits per heavy atom. The molecule has 5 nitrogen and oxygen atoms in total. The van der Waals surface area contributed by atoms with Crippen LogP contribution in [0.3, 0.4) is 0 Å². The van der Waals surface area contributed by atoms with E-state index in [0.717, 1.165) is 23.2 Å². The quantitative estimate of drug-likeness (QED) is 0.819. The van der Waals surface area contributed by atoms with Crippen LogP contribution in [0.25, 0.3) is 0 Å². The number of rotatable bonds is 7. The SMILES string of the molecule is COc1cc(CC(C)N)ccc1OCC(=O)Nc1ccc(C)cc1. The summed E-state index contributed by atoms with van der Waals surface area (Å²) in [6, 6.07) is 13.3. The Morgan fingerprint density at radius 1 is 1.17 bits per heavy atom. The van der Waals surface area contributed by atoms with E-state index >= 15 is 0 Å². The first-order valence-electron chi connectivity index (χ1n) is 7.89. The zero-order chi connectivity index (χ0) is 17.5. The number of hydrogen-bond acceptors (Lipinski definition) is 4. The molecule has 1 unspecified atom stereocenters. The maximum absolute atomic E-state index is 12.0. The Balaban J connectivity index is 1.95. The lowest BCUT2D eigenvalue weighted by atomic mass is 10.1. The Morgan fingerprint density at radius 2 is 1.88 bits per heavy atom. The molecule has 0 aliphatic heterocycles. The van der Waals surface area contributed by atoms with Gasteiger partial charge in [0.25, 0.3) is 5.91 Å². The molecule has 2 rings (SSSR count). The number of ether oxygens (including phenoxy) is 2. The molecule has 2 aromatic carbocycles. The highest BCUT2D eigenvalue weighted by atomic mass is 16.5. The summed E-state index contributed by atoms with van der Waals surface area (Å²) in [5.74, 6) is 0.904. The number of amides is 1. The third-order valence-electron chi connectivity index (χ3n) is 3.48. The Labute approximate surface area is 142 Å². The van der Waals surface area contributed by atoms with Crippen molar-refractivity contribution < 1.29 is 14.3 Å². The predicted molar refractivity (Wildman–Crippen MR) is 95.7 cm³/mol. The minimum absolute atomic E-state index is 0.0711. The van der Waals surface area contributed by atoms with E-state index in [2.05, 4.69) is 5.32 Å². The molecule has 0 saturated carbocycles. The lowest BCUT2D eigenvalue weighted by Crippen LogP contribution is -2.20. The van der Waals surface area contributed by atoms with Crippen LogP contribution in [-0.2, 0) is 11.2 Å². The van der Waals surface area contributed by atoms with Crippen LogP contribution in [0.15, 0.2) is 42.5 Å². The lowest BCUT2D eigenvalue weighted by Gasteiger charge is -2.13. The van der Waals surface area contributed by atoms with E-state index in [4.69, 9.17) is 15.2 Å². The first-order valence-corrected chi connectivity index (χ1v) is 7.89. The van der Waals surface area contributed by atoms with Crippen LogP contribution in [0.1, 0.15) is 18.1 Å². The fourth-order valence-corrected chi connectivity index (χ4v) is 2.31. The van der Waals surface area contributed by atoms with Crippen molar-refractivity contribution in [3.8, 4) is 11.5 Å². The molecular weight excluding hydrogens is 304 g/mol. The molecule has 0 heterocycles. The molecule has 0 bridgehead atoms. The van der Waals surface area contributed by atoms with Gasteiger partial charge in [0.15, 0.2) is 18.1 Å². The molecule has 1 atom stereocenters. The number of aryl methyl sites for hydroxylation is 1. The van der Waals surface area contributed by atoms with Gasteiger partial charge < -0.3 is 20.5 Å². The van der Waals surface area contributed by atoms with E-state index in [1.807, 2.05) is 50.2 Å². The highest BCUT2D eigenvalue weighted by Gasteiger charge is 2.10. The molecule has 0 saturated heterocycles. The second-order valence-corrected chi connectivity index (χ2v) is 5.87. The van der Waals surface area contributed by atoms with Gasteiger partial charge in [-0.2, -0.15) is 0 Å². The van der Waals surface area contributed by atoms with Crippen molar-refractivity contribution >= 4 is 11.6 Å². The van der Waals surface area contributed by atoms with Gasteiger partial charge in [-0.25, -0.2) is 0 Å². The fourth-order valence-electron chi connectivity index (χ4n) is 2.31. The third-order valence-corrected chi connectivity index (χ3v) is 3.48. The number of nitrogens with one attached hydrogen (secondary N) is 1. The van der Waals surface area contributed by atoms with Gasteiger partial charge in [0, 0.05) is 11.7 Å². The molecule has 0 aliphatic carbocycles. The van der Waals surface area contributed by atoms with Crippen molar-refractivity contribution in [1.82, 2.24) is 0 Å². The summed E-state index contributed by atoms with van der Waals surface area (Å²) in [7, 11) is 1.57.